The zero-order valence-electron chi connectivity index (χ0n) is 9.41. The molecule has 2 heterocycles. The molecule has 2 aromatic rings. The van der Waals surface area contributed by atoms with E-state index in [1.54, 1.807) is 0 Å². The molecule has 0 aliphatic rings. The molecule has 0 fully saturated rings. The second-order valence-electron chi connectivity index (χ2n) is 4.85. The highest BCUT2D eigenvalue weighted by atomic mass is 14.8. The number of hydrogen-bond acceptors (Lipinski definition) is 1. The molecule has 0 atom stereocenters. The van der Waals surface area contributed by atoms with E-state index in [1.165, 1.54) is 0 Å². The van der Waals surface area contributed by atoms with Gasteiger partial charge >= 0.3 is 0 Å². The second-order valence-corrected chi connectivity index (χ2v) is 4.85. The predicted octanol–water partition coefficient (Wildman–Crippen LogP) is 3.62. The minimum atomic E-state index is 0.201. The number of H-pyrrole nitrogens is 1. The van der Waals surface area contributed by atoms with Crippen molar-refractivity contribution in [1.82, 2.24) is 9.97 Å². The van der Waals surface area contributed by atoms with Gasteiger partial charge in [-0.05, 0) is 29.7 Å². The average molecular weight is 200 g/mol. The molecular formula is C13H16N2. The summed E-state index contributed by atoms with van der Waals surface area (Å²) in [6.07, 6.45) is 6.15. The third-order valence-corrected chi connectivity index (χ3v) is 2.19. The molecule has 2 heteroatoms. The summed E-state index contributed by atoms with van der Waals surface area (Å²) in [6.45, 7) is 6.53. The zero-order chi connectivity index (χ0) is 10.9. The SMILES string of the molecule is CC(C)(C)/C=C/c1ccc2cc[nH]c2n1. The standard InChI is InChI=1S/C13H16N2/c1-13(2,3)8-6-11-5-4-10-7-9-14-12(10)15-11/h4-9H,1-3H3,(H,14,15)/b8-6+. The van der Waals surface area contributed by atoms with E-state index in [4.69, 9.17) is 0 Å². The molecule has 0 aromatic carbocycles. The van der Waals surface area contributed by atoms with Gasteiger partial charge in [0.1, 0.15) is 5.65 Å². The quantitative estimate of drug-likeness (QED) is 0.748. The van der Waals surface area contributed by atoms with Crippen molar-refractivity contribution in [1.29, 1.82) is 0 Å². The Hall–Kier alpha value is -1.57. The lowest BCUT2D eigenvalue weighted by molar-refractivity contribution is 0.547. The van der Waals surface area contributed by atoms with E-state index < -0.39 is 0 Å². The van der Waals surface area contributed by atoms with E-state index in [0.29, 0.717) is 0 Å². The van der Waals surface area contributed by atoms with Crippen molar-refractivity contribution in [2.45, 2.75) is 20.8 Å². The lowest BCUT2D eigenvalue weighted by Crippen LogP contribution is -1.98. The Morgan fingerprint density at radius 2 is 2.00 bits per heavy atom. The maximum absolute atomic E-state index is 4.50. The van der Waals surface area contributed by atoms with Crippen molar-refractivity contribution in [3.05, 3.63) is 36.2 Å². The molecular weight excluding hydrogens is 184 g/mol. The van der Waals surface area contributed by atoms with E-state index in [1.807, 2.05) is 18.3 Å². The Labute approximate surface area is 90.0 Å². The van der Waals surface area contributed by atoms with Crippen LogP contribution in [0.5, 0.6) is 0 Å². The molecule has 0 saturated heterocycles. The van der Waals surface area contributed by atoms with Crippen LogP contribution < -0.4 is 0 Å². The van der Waals surface area contributed by atoms with Crippen LogP contribution in [0.1, 0.15) is 26.5 Å². The summed E-state index contributed by atoms with van der Waals surface area (Å²) in [5.41, 5.74) is 2.15. The van der Waals surface area contributed by atoms with Crippen LogP contribution in [0.25, 0.3) is 17.1 Å². The number of pyridine rings is 1. The van der Waals surface area contributed by atoms with Gasteiger partial charge < -0.3 is 4.98 Å². The van der Waals surface area contributed by atoms with E-state index in [2.05, 4.69) is 49.0 Å². The first-order chi connectivity index (χ1) is 7.04. The summed E-state index contributed by atoms with van der Waals surface area (Å²) in [5.74, 6) is 0. The molecule has 2 aromatic heterocycles. The first-order valence-electron chi connectivity index (χ1n) is 5.18. The Kier molecular flexibility index (Phi) is 2.35. The molecule has 15 heavy (non-hydrogen) atoms. The van der Waals surface area contributed by atoms with E-state index in [-0.39, 0.29) is 5.41 Å². The molecule has 1 N–H and O–H groups in total. The summed E-state index contributed by atoms with van der Waals surface area (Å²) < 4.78 is 0. The zero-order valence-corrected chi connectivity index (χ0v) is 9.41. The van der Waals surface area contributed by atoms with Gasteiger partial charge in [-0.1, -0.05) is 26.8 Å². The Balaban J connectivity index is 2.33. The van der Waals surface area contributed by atoms with E-state index in [0.717, 1.165) is 16.7 Å². The van der Waals surface area contributed by atoms with Gasteiger partial charge in [-0.2, -0.15) is 0 Å². The molecule has 0 radical (unpaired) electrons. The largest absolute Gasteiger partial charge is 0.346 e. The van der Waals surface area contributed by atoms with Crippen molar-refractivity contribution in [2.75, 3.05) is 0 Å². The number of allylic oxidation sites excluding steroid dienone is 1. The summed E-state index contributed by atoms with van der Waals surface area (Å²) >= 11 is 0. The van der Waals surface area contributed by atoms with Crippen molar-refractivity contribution in [3.63, 3.8) is 0 Å². The normalized spacial score (nSPS) is 12.7. The molecule has 78 valence electrons. The van der Waals surface area contributed by atoms with E-state index in [9.17, 15) is 0 Å². The minimum Gasteiger partial charge on any atom is -0.346 e. The molecule has 0 amide bonds. The van der Waals surface area contributed by atoms with Gasteiger partial charge in [-0.3, -0.25) is 0 Å². The lowest BCUT2D eigenvalue weighted by atomic mass is 9.96. The third-order valence-electron chi connectivity index (χ3n) is 2.19. The summed E-state index contributed by atoms with van der Waals surface area (Å²) in [6, 6.07) is 6.15. The smallest absolute Gasteiger partial charge is 0.137 e. The maximum Gasteiger partial charge on any atom is 0.137 e. The van der Waals surface area contributed by atoms with Gasteiger partial charge in [-0.25, -0.2) is 4.98 Å². The Bertz CT molecular complexity index is 486. The van der Waals surface area contributed by atoms with Crippen LogP contribution in [-0.4, -0.2) is 9.97 Å². The molecule has 2 nitrogen and oxygen atoms in total. The van der Waals surface area contributed by atoms with E-state index >= 15 is 0 Å². The molecule has 0 unspecified atom stereocenters. The molecule has 0 aliphatic heterocycles. The van der Waals surface area contributed by atoms with Crippen LogP contribution in [0, 0.1) is 5.41 Å². The minimum absolute atomic E-state index is 0.201. The van der Waals surface area contributed by atoms with Crippen LogP contribution in [0.2, 0.25) is 0 Å². The highest BCUT2D eigenvalue weighted by Gasteiger charge is 2.04. The number of aromatic amines is 1. The fourth-order valence-electron chi connectivity index (χ4n) is 1.37. The first-order valence-corrected chi connectivity index (χ1v) is 5.18. The maximum atomic E-state index is 4.50. The first kappa shape index (κ1) is 9.97. The summed E-state index contributed by atoms with van der Waals surface area (Å²) in [5, 5.41) is 1.16. The number of hydrogen-bond donors (Lipinski definition) is 1. The fraction of sp³-hybridized carbons (Fsp3) is 0.308. The number of fused-ring (bicyclic) bond motifs is 1. The van der Waals surface area contributed by atoms with Crippen LogP contribution in [0.4, 0.5) is 0 Å². The van der Waals surface area contributed by atoms with Crippen LogP contribution in [0.3, 0.4) is 0 Å². The second kappa shape index (κ2) is 3.54. The van der Waals surface area contributed by atoms with Crippen molar-refractivity contribution in [3.8, 4) is 0 Å². The summed E-state index contributed by atoms with van der Waals surface area (Å²) in [7, 11) is 0. The predicted molar refractivity (Wildman–Crippen MR) is 64.6 cm³/mol. The number of rotatable bonds is 1. The van der Waals surface area contributed by atoms with Gasteiger partial charge in [0.05, 0.1) is 5.69 Å². The topological polar surface area (TPSA) is 28.7 Å². The van der Waals surface area contributed by atoms with Crippen LogP contribution in [0.15, 0.2) is 30.5 Å². The van der Waals surface area contributed by atoms with Crippen molar-refractivity contribution < 1.29 is 0 Å². The van der Waals surface area contributed by atoms with Crippen molar-refractivity contribution in [2.24, 2.45) is 5.41 Å². The van der Waals surface area contributed by atoms with Gasteiger partial charge in [-0.15, -0.1) is 0 Å². The summed E-state index contributed by atoms with van der Waals surface area (Å²) in [4.78, 5) is 7.61. The van der Waals surface area contributed by atoms with Crippen LogP contribution in [-0.2, 0) is 0 Å². The molecule has 2 rings (SSSR count). The van der Waals surface area contributed by atoms with Gasteiger partial charge in [0.2, 0.25) is 0 Å². The average Bonchev–Trinajstić information content (AvgIpc) is 2.60. The molecule has 0 spiro atoms. The fourth-order valence-corrected chi connectivity index (χ4v) is 1.37. The molecule has 0 saturated carbocycles. The third kappa shape index (κ3) is 2.46. The number of aromatic nitrogens is 2. The molecule has 0 aliphatic carbocycles. The van der Waals surface area contributed by atoms with Crippen LogP contribution >= 0.6 is 0 Å². The number of nitrogens with zero attached hydrogens (tertiary/aromatic N) is 1. The van der Waals surface area contributed by atoms with Gasteiger partial charge in [0.25, 0.3) is 0 Å². The lowest BCUT2D eigenvalue weighted by Gasteiger charge is -2.10. The van der Waals surface area contributed by atoms with Crippen molar-refractivity contribution >= 4 is 17.1 Å². The highest BCUT2D eigenvalue weighted by Crippen LogP contribution is 2.17. The van der Waals surface area contributed by atoms with Gasteiger partial charge in [0.15, 0.2) is 0 Å². The Morgan fingerprint density at radius 1 is 1.20 bits per heavy atom. The molecule has 0 bridgehead atoms. The van der Waals surface area contributed by atoms with Gasteiger partial charge in [0, 0.05) is 11.6 Å². The monoisotopic (exact) mass is 200 g/mol. The number of nitrogens with one attached hydrogen (secondary N) is 1. The highest BCUT2D eigenvalue weighted by molar-refractivity contribution is 5.76. The Morgan fingerprint density at radius 3 is 2.73 bits per heavy atom.